The van der Waals surface area contributed by atoms with Crippen LogP contribution in [0.3, 0.4) is 0 Å². The van der Waals surface area contributed by atoms with Gasteiger partial charge in [-0.3, -0.25) is 25.0 Å². The van der Waals surface area contributed by atoms with Crippen molar-refractivity contribution in [1.82, 2.24) is 14.9 Å². The number of nitrogens with one attached hydrogen (secondary N) is 2. The summed E-state index contributed by atoms with van der Waals surface area (Å²) in [7, 11) is 1.66. The number of ether oxygens (including phenoxy) is 1. The smallest absolute Gasteiger partial charge is 0.247 e. The Bertz CT molecular complexity index is 1410. The lowest BCUT2D eigenvalue weighted by atomic mass is 9.93. The average molecular weight is 525 g/mol. The highest BCUT2D eigenvalue weighted by molar-refractivity contribution is 5.98. The lowest BCUT2D eigenvalue weighted by Gasteiger charge is -2.37. The van der Waals surface area contributed by atoms with Gasteiger partial charge in [0.05, 0.1) is 12.8 Å². The van der Waals surface area contributed by atoms with Gasteiger partial charge in [0.1, 0.15) is 11.8 Å². The van der Waals surface area contributed by atoms with Gasteiger partial charge in [-0.15, -0.1) is 0 Å². The van der Waals surface area contributed by atoms with Crippen LogP contribution >= 0.6 is 0 Å². The third-order valence-electron chi connectivity index (χ3n) is 7.05. The highest BCUT2D eigenvalue weighted by Gasteiger charge is 2.27. The Balaban J connectivity index is 1.43. The number of carbonyl (C=O) groups is 2. The van der Waals surface area contributed by atoms with Gasteiger partial charge in [0.15, 0.2) is 0 Å². The number of carbonyl (C=O) groups excluding carboxylic acids is 2. The minimum atomic E-state index is -0.261. The number of methoxy groups -OCH3 is 1. The molecule has 200 valence electrons. The van der Waals surface area contributed by atoms with E-state index in [1.807, 2.05) is 70.8 Å². The molecule has 1 fully saturated rings. The maximum atomic E-state index is 11.9. The van der Waals surface area contributed by atoms with Crippen molar-refractivity contribution < 1.29 is 14.3 Å². The van der Waals surface area contributed by atoms with Gasteiger partial charge in [-0.05, 0) is 59.2 Å². The summed E-state index contributed by atoms with van der Waals surface area (Å²) in [6, 6.07) is 15.7. The second kappa shape index (κ2) is 11.3. The topological polar surface area (TPSA) is 90.0 Å². The molecule has 0 aliphatic carbocycles. The predicted octanol–water partition coefficient (Wildman–Crippen LogP) is 4.29. The quantitative estimate of drug-likeness (QED) is 0.446. The molecule has 0 radical (unpaired) electrons. The standard InChI is InChI=1S/C30H32N6O3/c1-4-29(38)32-24-7-5-6-22(18-24)30-26-10-12-31-20-23(26)11-13-36(30)33-27-9-8-25(19-28(27)39-3)35-16-14-34(15-17-35)21(2)37/h4-13,18-20,30,33H,1,14-17H2,2-3H3,(H,32,38). The van der Waals surface area contributed by atoms with Crippen molar-refractivity contribution in [2.45, 2.75) is 13.0 Å². The van der Waals surface area contributed by atoms with Crippen LogP contribution in [0.25, 0.3) is 6.08 Å². The van der Waals surface area contributed by atoms with Gasteiger partial charge in [-0.1, -0.05) is 18.7 Å². The number of aromatic nitrogens is 1. The fraction of sp³-hybridized carbons (Fsp3) is 0.233. The van der Waals surface area contributed by atoms with Crippen molar-refractivity contribution in [2.24, 2.45) is 0 Å². The van der Waals surface area contributed by atoms with E-state index in [9.17, 15) is 9.59 Å². The second-order valence-corrected chi connectivity index (χ2v) is 9.44. The van der Waals surface area contributed by atoms with Crippen LogP contribution in [0.15, 0.2) is 79.8 Å². The number of hydrogen-bond donors (Lipinski definition) is 2. The molecule has 9 heteroatoms. The summed E-state index contributed by atoms with van der Waals surface area (Å²) in [5.74, 6) is 0.561. The monoisotopic (exact) mass is 524 g/mol. The van der Waals surface area contributed by atoms with Crippen molar-refractivity contribution >= 4 is 35.0 Å². The lowest BCUT2D eigenvalue weighted by molar-refractivity contribution is -0.129. The third kappa shape index (κ3) is 5.57. The number of piperazine rings is 1. The number of fused-ring (bicyclic) bond motifs is 1. The summed E-state index contributed by atoms with van der Waals surface area (Å²) >= 11 is 0. The van der Waals surface area contributed by atoms with E-state index >= 15 is 0 Å². The van der Waals surface area contributed by atoms with Crippen LogP contribution in [-0.4, -0.2) is 60.0 Å². The number of amides is 2. The van der Waals surface area contributed by atoms with Crippen LogP contribution in [0.2, 0.25) is 0 Å². The molecule has 2 N–H and O–H groups in total. The first-order chi connectivity index (χ1) is 19.0. The Morgan fingerprint density at radius 3 is 2.67 bits per heavy atom. The molecule has 39 heavy (non-hydrogen) atoms. The van der Waals surface area contributed by atoms with E-state index in [1.165, 1.54) is 6.08 Å². The number of nitrogens with zero attached hydrogens (tertiary/aromatic N) is 4. The normalized spacial score (nSPS) is 16.4. The van der Waals surface area contributed by atoms with Gasteiger partial charge in [0.2, 0.25) is 11.8 Å². The summed E-state index contributed by atoms with van der Waals surface area (Å²) in [5.41, 5.74) is 9.17. The Morgan fingerprint density at radius 1 is 1.10 bits per heavy atom. The Morgan fingerprint density at radius 2 is 1.92 bits per heavy atom. The highest BCUT2D eigenvalue weighted by Crippen LogP contribution is 2.38. The molecule has 2 aromatic carbocycles. The second-order valence-electron chi connectivity index (χ2n) is 9.44. The fourth-order valence-electron chi connectivity index (χ4n) is 5.01. The fourth-order valence-corrected chi connectivity index (χ4v) is 5.01. The Kier molecular flexibility index (Phi) is 7.49. The molecule has 2 amide bonds. The van der Waals surface area contributed by atoms with E-state index in [0.29, 0.717) is 24.5 Å². The molecule has 5 rings (SSSR count). The van der Waals surface area contributed by atoms with Gasteiger partial charge < -0.3 is 19.9 Å². The molecule has 1 atom stereocenters. The summed E-state index contributed by atoms with van der Waals surface area (Å²) in [4.78, 5) is 32.1. The van der Waals surface area contributed by atoms with E-state index in [-0.39, 0.29) is 17.9 Å². The zero-order valence-electron chi connectivity index (χ0n) is 22.1. The van der Waals surface area contributed by atoms with Gasteiger partial charge >= 0.3 is 0 Å². The largest absolute Gasteiger partial charge is 0.494 e. The van der Waals surface area contributed by atoms with Crippen molar-refractivity contribution in [3.05, 3.63) is 96.5 Å². The molecule has 0 bridgehead atoms. The zero-order valence-corrected chi connectivity index (χ0v) is 22.1. The van der Waals surface area contributed by atoms with Crippen LogP contribution in [-0.2, 0) is 9.59 Å². The molecular formula is C30H32N6O3. The van der Waals surface area contributed by atoms with Crippen LogP contribution in [0.5, 0.6) is 5.75 Å². The predicted molar refractivity (Wildman–Crippen MR) is 153 cm³/mol. The number of pyridine rings is 1. The minimum Gasteiger partial charge on any atom is -0.494 e. The highest BCUT2D eigenvalue weighted by atomic mass is 16.5. The minimum absolute atomic E-state index is 0.113. The molecule has 1 aromatic heterocycles. The lowest BCUT2D eigenvalue weighted by Crippen LogP contribution is -2.48. The first-order valence-corrected chi connectivity index (χ1v) is 12.9. The summed E-state index contributed by atoms with van der Waals surface area (Å²) in [6.45, 7) is 8.12. The molecule has 0 saturated carbocycles. The van der Waals surface area contributed by atoms with Gasteiger partial charge in [-0.25, -0.2) is 0 Å². The van der Waals surface area contributed by atoms with Crippen molar-refractivity contribution in [3.8, 4) is 5.75 Å². The van der Waals surface area contributed by atoms with E-state index in [4.69, 9.17) is 4.74 Å². The van der Waals surface area contributed by atoms with E-state index in [2.05, 4.69) is 33.3 Å². The first kappa shape index (κ1) is 25.8. The molecule has 9 nitrogen and oxygen atoms in total. The zero-order chi connectivity index (χ0) is 27.4. The van der Waals surface area contributed by atoms with Crippen molar-refractivity contribution in [2.75, 3.05) is 48.9 Å². The molecular weight excluding hydrogens is 492 g/mol. The van der Waals surface area contributed by atoms with Crippen LogP contribution < -0.4 is 20.4 Å². The maximum Gasteiger partial charge on any atom is 0.247 e. The van der Waals surface area contributed by atoms with E-state index in [0.717, 1.165) is 41.2 Å². The van der Waals surface area contributed by atoms with Crippen LogP contribution in [0.1, 0.15) is 29.7 Å². The molecule has 2 aliphatic heterocycles. The molecule has 2 aliphatic rings. The van der Waals surface area contributed by atoms with E-state index in [1.54, 1.807) is 20.2 Å². The third-order valence-corrected chi connectivity index (χ3v) is 7.05. The number of hydrogen-bond acceptors (Lipinski definition) is 7. The van der Waals surface area contributed by atoms with Gasteiger partial charge in [0.25, 0.3) is 0 Å². The molecule has 1 unspecified atom stereocenters. The SMILES string of the molecule is C=CC(=O)Nc1cccc(C2c3ccncc3C=CN2Nc2ccc(N3CCN(C(C)=O)CC3)cc2OC)c1. The Hall–Kier alpha value is -4.79. The maximum absolute atomic E-state index is 11.9. The molecule has 3 aromatic rings. The number of hydrazine groups is 1. The molecule has 0 spiro atoms. The van der Waals surface area contributed by atoms with Crippen molar-refractivity contribution in [1.29, 1.82) is 0 Å². The van der Waals surface area contributed by atoms with Crippen LogP contribution in [0, 0.1) is 0 Å². The number of rotatable bonds is 7. The summed E-state index contributed by atoms with van der Waals surface area (Å²) < 4.78 is 5.79. The van der Waals surface area contributed by atoms with Gasteiger partial charge in [0, 0.05) is 69.1 Å². The molecule has 1 saturated heterocycles. The summed E-state index contributed by atoms with van der Waals surface area (Å²) in [5, 5.41) is 4.88. The van der Waals surface area contributed by atoms with Gasteiger partial charge in [-0.2, -0.15) is 0 Å². The Labute approximate surface area is 228 Å². The summed E-state index contributed by atoms with van der Waals surface area (Å²) in [6.07, 6.45) is 8.89. The number of benzene rings is 2. The first-order valence-electron chi connectivity index (χ1n) is 12.9. The van der Waals surface area contributed by atoms with Crippen molar-refractivity contribution in [3.63, 3.8) is 0 Å². The van der Waals surface area contributed by atoms with E-state index < -0.39 is 0 Å². The van der Waals surface area contributed by atoms with Crippen LogP contribution in [0.4, 0.5) is 17.1 Å². The number of anilines is 3. The average Bonchev–Trinajstić information content (AvgIpc) is 2.97. The molecule has 3 heterocycles.